The standard InChI is InChI=1S/C16H15Br2NO2/c1-19(10-11-3-5-12(17)6-4-11)16(20)14-9-13(21-2)7-8-15(14)18/h3-9H,10H2,1-2H3. The molecule has 0 saturated carbocycles. The topological polar surface area (TPSA) is 29.5 Å². The minimum absolute atomic E-state index is 0.0521. The maximum atomic E-state index is 12.5. The van der Waals surface area contributed by atoms with Gasteiger partial charge in [0.25, 0.3) is 5.91 Å². The second kappa shape index (κ2) is 7.09. The van der Waals surface area contributed by atoms with Crippen LogP contribution < -0.4 is 4.74 Å². The van der Waals surface area contributed by atoms with Gasteiger partial charge in [0.1, 0.15) is 5.75 Å². The van der Waals surface area contributed by atoms with E-state index in [0.717, 1.165) is 14.5 Å². The summed E-state index contributed by atoms with van der Waals surface area (Å²) in [6.45, 7) is 0.551. The Kier molecular flexibility index (Phi) is 5.42. The van der Waals surface area contributed by atoms with Crippen LogP contribution in [0.25, 0.3) is 0 Å². The minimum atomic E-state index is -0.0521. The molecule has 2 aromatic rings. The van der Waals surface area contributed by atoms with E-state index >= 15 is 0 Å². The summed E-state index contributed by atoms with van der Waals surface area (Å²) in [7, 11) is 3.37. The van der Waals surface area contributed by atoms with Crippen molar-refractivity contribution in [1.82, 2.24) is 4.90 Å². The van der Waals surface area contributed by atoms with E-state index in [1.54, 1.807) is 25.1 Å². The summed E-state index contributed by atoms with van der Waals surface area (Å²) in [5.74, 6) is 0.613. The molecular formula is C16H15Br2NO2. The Morgan fingerprint density at radius 3 is 2.43 bits per heavy atom. The van der Waals surface area contributed by atoms with Crippen LogP contribution in [0.5, 0.6) is 5.75 Å². The molecule has 0 aromatic heterocycles. The van der Waals surface area contributed by atoms with Crippen molar-refractivity contribution in [1.29, 1.82) is 0 Å². The van der Waals surface area contributed by atoms with Crippen molar-refractivity contribution in [2.45, 2.75) is 6.54 Å². The van der Waals surface area contributed by atoms with Gasteiger partial charge in [-0.3, -0.25) is 4.79 Å². The lowest BCUT2D eigenvalue weighted by atomic mass is 10.1. The van der Waals surface area contributed by atoms with Crippen LogP contribution in [-0.4, -0.2) is 25.0 Å². The summed E-state index contributed by atoms with van der Waals surface area (Å²) in [5, 5.41) is 0. The summed E-state index contributed by atoms with van der Waals surface area (Å²) in [6, 6.07) is 13.3. The Morgan fingerprint density at radius 2 is 1.81 bits per heavy atom. The van der Waals surface area contributed by atoms with Crippen molar-refractivity contribution in [3.8, 4) is 5.75 Å². The van der Waals surface area contributed by atoms with E-state index < -0.39 is 0 Å². The van der Waals surface area contributed by atoms with Crippen LogP contribution in [0.15, 0.2) is 51.4 Å². The highest BCUT2D eigenvalue weighted by Crippen LogP contribution is 2.24. The van der Waals surface area contributed by atoms with Gasteiger partial charge in [-0.25, -0.2) is 0 Å². The van der Waals surface area contributed by atoms with Crippen LogP contribution in [0.3, 0.4) is 0 Å². The molecule has 0 fully saturated rings. The first-order valence-corrected chi connectivity index (χ1v) is 7.93. The van der Waals surface area contributed by atoms with E-state index in [2.05, 4.69) is 31.9 Å². The Balaban J connectivity index is 2.17. The molecule has 5 heteroatoms. The van der Waals surface area contributed by atoms with E-state index in [9.17, 15) is 4.79 Å². The lowest BCUT2D eigenvalue weighted by Gasteiger charge is -2.18. The molecular weight excluding hydrogens is 398 g/mol. The Hall–Kier alpha value is -1.33. The van der Waals surface area contributed by atoms with Crippen LogP contribution >= 0.6 is 31.9 Å². The molecule has 110 valence electrons. The highest BCUT2D eigenvalue weighted by atomic mass is 79.9. The van der Waals surface area contributed by atoms with Gasteiger partial charge in [0.2, 0.25) is 0 Å². The first-order valence-electron chi connectivity index (χ1n) is 6.34. The number of amides is 1. The van der Waals surface area contributed by atoms with Gasteiger partial charge >= 0.3 is 0 Å². The summed E-state index contributed by atoms with van der Waals surface area (Å²) >= 11 is 6.82. The van der Waals surface area contributed by atoms with Crippen LogP contribution in [0.1, 0.15) is 15.9 Å². The van der Waals surface area contributed by atoms with Crippen LogP contribution in [0, 0.1) is 0 Å². The van der Waals surface area contributed by atoms with E-state index in [1.807, 2.05) is 36.4 Å². The highest BCUT2D eigenvalue weighted by Gasteiger charge is 2.16. The SMILES string of the molecule is COc1ccc(Br)c(C(=O)N(C)Cc2ccc(Br)cc2)c1. The fourth-order valence-corrected chi connectivity index (χ4v) is 2.62. The van der Waals surface area contributed by atoms with Crippen molar-refractivity contribution in [3.63, 3.8) is 0 Å². The zero-order valence-corrected chi connectivity index (χ0v) is 14.9. The Labute approximate surface area is 141 Å². The zero-order valence-electron chi connectivity index (χ0n) is 11.8. The molecule has 2 aromatic carbocycles. The van der Waals surface area contributed by atoms with E-state index in [-0.39, 0.29) is 5.91 Å². The maximum absolute atomic E-state index is 12.5. The number of benzene rings is 2. The van der Waals surface area contributed by atoms with E-state index in [4.69, 9.17) is 4.74 Å². The Morgan fingerprint density at radius 1 is 1.14 bits per heavy atom. The highest BCUT2D eigenvalue weighted by molar-refractivity contribution is 9.10. The van der Waals surface area contributed by atoms with Crippen molar-refractivity contribution in [2.75, 3.05) is 14.2 Å². The molecule has 0 N–H and O–H groups in total. The van der Waals surface area contributed by atoms with Gasteiger partial charge in [-0.2, -0.15) is 0 Å². The fraction of sp³-hybridized carbons (Fsp3) is 0.188. The van der Waals surface area contributed by atoms with Gasteiger partial charge in [0.05, 0.1) is 12.7 Å². The number of rotatable bonds is 4. The summed E-state index contributed by atoms with van der Waals surface area (Å²) in [5.41, 5.74) is 1.67. The molecule has 0 radical (unpaired) electrons. The molecule has 0 aliphatic carbocycles. The average molecular weight is 413 g/mol. The van der Waals surface area contributed by atoms with Gasteiger partial charge in [-0.1, -0.05) is 28.1 Å². The van der Waals surface area contributed by atoms with Crippen LogP contribution in [0.2, 0.25) is 0 Å². The third-order valence-corrected chi connectivity index (χ3v) is 4.30. The maximum Gasteiger partial charge on any atom is 0.255 e. The number of hydrogen-bond acceptors (Lipinski definition) is 2. The quantitative estimate of drug-likeness (QED) is 0.740. The second-order valence-corrected chi connectivity index (χ2v) is 6.40. The van der Waals surface area contributed by atoms with Gasteiger partial charge in [-0.15, -0.1) is 0 Å². The van der Waals surface area contributed by atoms with E-state index in [1.165, 1.54) is 0 Å². The van der Waals surface area contributed by atoms with Crippen molar-refractivity contribution < 1.29 is 9.53 Å². The number of carbonyl (C=O) groups is 1. The average Bonchev–Trinajstić information content (AvgIpc) is 2.49. The summed E-state index contributed by atoms with van der Waals surface area (Å²) < 4.78 is 6.96. The first kappa shape index (κ1) is 16.0. The monoisotopic (exact) mass is 411 g/mol. The molecule has 0 unspecified atom stereocenters. The third-order valence-electron chi connectivity index (χ3n) is 3.08. The number of methoxy groups -OCH3 is 1. The molecule has 0 aliphatic heterocycles. The van der Waals surface area contributed by atoms with Crippen molar-refractivity contribution >= 4 is 37.8 Å². The van der Waals surface area contributed by atoms with Crippen molar-refractivity contribution in [3.05, 3.63) is 62.5 Å². The number of halogens is 2. The van der Waals surface area contributed by atoms with Gasteiger partial charge in [0, 0.05) is 22.5 Å². The minimum Gasteiger partial charge on any atom is -0.497 e. The molecule has 2 rings (SSSR count). The molecule has 0 atom stereocenters. The summed E-state index contributed by atoms with van der Waals surface area (Å²) in [6.07, 6.45) is 0. The predicted molar refractivity (Wildman–Crippen MR) is 90.6 cm³/mol. The normalized spacial score (nSPS) is 10.3. The number of nitrogens with zero attached hydrogens (tertiary/aromatic N) is 1. The summed E-state index contributed by atoms with van der Waals surface area (Å²) in [4.78, 5) is 14.2. The third kappa shape index (κ3) is 4.08. The van der Waals surface area contributed by atoms with Gasteiger partial charge in [-0.05, 0) is 51.8 Å². The first-order chi connectivity index (χ1) is 10.0. The molecule has 21 heavy (non-hydrogen) atoms. The number of carbonyl (C=O) groups excluding carboxylic acids is 1. The molecule has 0 aliphatic rings. The fourth-order valence-electron chi connectivity index (χ4n) is 1.94. The lowest BCUT2D eigenvalue weighted by Crippen LogP contribution is -2.26. The second-order valence-electron chi connectivity index (χ2n) is 4.63. The number of hydrogen-bond donors (Lipinski definition) is 0. The predicted octanol–water partition coefficient (Wildman–Crippen LogP) is 4.49. The van der Waals surface area contributed by atoms with Crippen molar-refractivity contribution in [2.24, 2.45) is 0 Å². The molecule has 3 nitrogen and oxygen atoms in total. The van der Waals surface area contributed by atoms with Gasteiger partial charge in [0.15, 0.2) is 0 Å². The smallest absolute Gasteiger partial charge is 0.255 e. The Bertz CT molecular complexity index is 641. The van der Waals surface area contributed by atoms with Crippen LogP contribution in [0.4, 0.5) is 0 Å². The molecule has 0 heterocycles. The zero-order chi connectivity index (χ0) is 15.4. The largest absolute Gasteiger partial charge is 0.497 e. The lowest BCUT2D eigenvalue weighted by molar-refractivity contribution is 0.0784. The van der Waals surface area contributed by atoms with E-state index in [0.29, 0.717) is 17.9 Å². The molecule has 0 saturated heterocycles. The van der Waals surface area contributed by atoms with Crippen LogP contribution in [-0.2, 0) is 6.54 Å². The molecule has 0 bridgehead atoms. The molecule has 1 amide bonds. The van der Waals surface area contributed by atoms with Gasteiger partial charge < -0.3 is 9.64 Å². The number of ether oxygens (including phenoxy) is 1. The molecule has 0 spiro atoms.